The summed E-state index contributed by atoms with van der Waals surface area (Å²) in [5, 5.41) is 7.18. The third-order valence-electron chi connectivity index (χ3n) is 2.33. The maximum absolute atomic E-state index is 10.9. The molecule has 0 bridgehead atoms. The molecule has 8 heteroatoms. The number of aromatic nitrogens is 3. The Morgan fingerprint density at radius 1 is 1.39 bits per heavy atom. The molecule has 0 fully saturated rings. The lowest BCUT2D eigenvalue weighted by Gasteiger charge is -2.08. The van der Waals surface area contributed by atoms with E-state index in [1.807, 2.05) is 20.0 Å². The topological polar surface area (TPSA) is 82.9 Å². The second-order valence-electron chi connectivity index (χ2n) is 3.67. The first-order chi connectivity index (χ1) is 8.45. The largest absolute Gasteiger partial charge is 0.768 e. The minimum atomic E-state index is -2.35. The van der Waals surface area contributed by atoms with Gasteiger partial charge in [-0.15, -0.1) is 0 Å². The minimum Gasteiger partial charge on any atom is -0.768 e. The highest BCUT2D eigenvalue weighted by molar-refractivity contribution is 7.79. The first-order valence-electron chi connectivity index (χ1n) is 5.00. The Hall–Kier alpha value is -1.44. The van der Waals surface area contributed by atoms with Gasteiger partial charge >= 0.3 is 0 Å². The number of aryl methyl sites for hydroxylation is 2. The second kappa shape index (κ2) is 5.05. The molecule has 2 aromatic heterocycles. The van der Waals surface area contributed by atoms with Gasteiger partial charge in [-0.3, -0.25) is 8.89 Å². The van der Waals surface area contributed by atoms with E-state index in [0.717, 1.165) is 5.69 Å². The first-order valence-corrected chi connectivity index (χ1v) is 6.45. The summed E-state index contributed by atoms with van der Waals surface area (Å²) in [5.41, 5.74) is 0.965. The Balaban J connectivity index is 2.31. The number of nitrogens with one attached hydrogen (secondary N) is 1. The SMILES string of the molecule is Cc1cc(Nc2cc(S(=O)[O-])cc(Cl)n2)nn1C. The average Bonchev–Trinajstić information content (AvgIpc) is 2.56. The van der Waals surface area contributed by atoms with Crippen molar-refractivity contribution < 1.29 is 8.76 Å². The van der Waals surface area contributed by atoms with Gasteiger partial charge in [0.2, 0.25) is 0 Å². The van der Waals surface area contributed by atoms with E-state index < -0.39 is 11.1 Å². The molecular weight excluding hydrogens is 276 g/mol. The maximum Gasteiger partial charge on any atom is 0.153 e. The van der Waals surface area contributed by atoms with Crippen LogP contribution in [0.25, 0.3) is 0 Å². The molecule has 0 aromatic carbocycles. The van der Waals surface area contributed by atoms with E-state index in [1.165, 1.54) is 12.1 Å². The van der Waals surface area contributed by atoms with Crippen molar-refractivity contribution in [3.05, 3.63) is 29.0 Å². The maximum atomic E-state index is 10.9. The van der Waals surface area contributed by atoms with E-state index >= 15 is 0 Å². The van der Waals surface area contributed by atoms with Crippen molar-refractivity contribution in [2.45, 2.75) is 11.8 Å². The predicted molar refractivity (Wildman–Crippen MR) is 67.7 cm³/mol. The van der Waals surface area contributed by atoms with Crippen LogP contribution in [0.1, 0.15) is 5.69 Å². The molecule has 1 N–H and O–H groups in total. The molecule has 0 saturated carbocycles. The molecule has 2 aromatic rings. The standard InChI is InChI=1S/C10H11ClN4O2S/c1-6-3-10(14-15(6)2)13-9-5-7(18(16)17)4-8(11)12-9/h3-5H,1-2H3,(H,16,17)(H,12,13,14)/p-1. The van der Waals surface area contributed by atoms with Gasteiger partial charge in [-0.05, 0) is 30.1 Å². The summed E-state index contributed by atoms with van der Waals surface area (Å²) in [6.07, 6.45) is 0. The molecule has 1 atom stereocenters. The fraction of sp³-hybridized carbons (Fsp3) is 0.200. The number of hydrogen-bond donors (Lipinski definition) is 1. The van der Waals surface area contributed by atoms with Gasteiger partial charge in [-0.2, -0.15) is 5.10 Å². The lowest BCUT2D eigenvalue weighted by atomic mass is 10.4. The highest BCUT2D eigenvalue weighted by Crippen LogP contribution is 2.20. The molecule has 2 heterocycles. The van der Waals surface area contributed by atoms with Crippen LogP contribution < -0.4 is 5.32 Å². The van der Waals surface area contributed by atoms with E-state index in [9.17, 15) is 8.76 Å². The zero-order valence-electron chi connectivity index (χ0n) is 9.68. The second-order valence-corrected chi connectivity index (χ2v) is 4.99. The quantitative estimate of drug-likeness (QED) is 0.686. The fourth-order valence-electron chi connectivity index (χ4n) is 1.39. The Labute approximate surface area is 111 Å². The summed E-state index contributed by atoms with van der Waals surface area (Å²) in [5.74, 6) is 0.909. The van der Waals surface area contributed by atoms with E-state index in [-0.39, 0.29) is 10.0 Å². The molecule has 0 radical (unpaired) electrons. The van der Waals surface area contributed by atoms with Crippen LogP contribution in [0.4, 0.5) is 11.6 Å². The van der Waals surface area contributed by atoms with Gasteiger partial charge in [0.1, 0.15) is 11.0 Å². The van der Waals surface area contributed by atoms with Crippen molar-refractivity contribution in [3.63, 3.8) is 0 Å². The van der Waals surface area contributed by atoms with Crippen LogP contribution in [-0.2, 0) is 18.1 Å². The first kappa shape index (κ1) is 13.0. The lowest BCUT2D eigenvalue weighted by Crippen LogP contribution is -1.99. The average molecular weight is 286 g/mol. The van der Waals surface area contributed by atoms with Crippen molar-refractivity contribution in [2.75, 3.05) is 5.32 Å². The van der Waals surface area contributed by atoms with Gasteiger partial charge in [0.25, 0.3) is 0 Å². The van der Waals surface area contributed by atoms with Gasteiger partial charge in [0.15, 0.2) is 5.82 Å². The molecule has 0 saturated heterocycles. The molecule has 2 rings (SSSR count). The molecule has 6 nitrogen and oxygen atoms in total. The van der Waals surface area contributed by atoms with Crippen molar-refractivity contribution in [1.82, 2.24) is 14.8 Å². The zero-order chi connectivity index (χ0) is 13.3. The summed E-state index contributed by atoms with van der Waals surface area (Å²) >= 11 is 3.40. The van der Waals surface area contributed by atoms with Crippen LogP contribution in [0.5, 0.6) is 0 Å². The molecule has 96 valence electrons. The Morgan fingerprint density at radius 3 is 2.67 bits per heavy atom. The number of anilines is 2. The van der Waals surface area contributed by atoms with E-state index in [0.29, 0.717) is 11.6 Å². The molecule has 0 aliphatic rings. The van der Waals surface area contributed by atoms with Gasteiger partial charge < -0.3 is 9.87 Å². The third-order valence-corrected chi connectivity index (χ3v) is 3.14. The van der Waals surface area contributed by atoms with Crippen LogP contribution in [-0.4, -0.2) is 23.5 Å². The minimum absolute atomic E-state index is 0.0742. The molecular formula is C10H10ClN4O2S-. The summed E-state index contributed by atoms with van der Waals surface area (Å²) in [6, 6.07) is 4.48. The molecule has 0 amide bonds. The smallest absolute Gasteiger partial charge is 0.153 e. The number of nitrogens with zero attached hydrogens (tertiary/aromatic N) is 3. The van der Waals surface area contributed by atoms with Crippen LogP contribution in [0.2, 0.25) is 5.15 Å². The summed E-state index contributed by atoms with van der Waals surface area (Å²) in [6.45, 7) is 1.90. The van der Waals surface area contributed by atoms with Gasteiger partial charge in [-0.25, -0.2) is 4.98 Å². The predicted octanol–water partition coefficient (Wildman–Crippen LogP) is 1.76. The van der Waals surface area contributed by atoms with Crippen molar-refractivity contribution in [1.29, 1.82) is 0 Å². The molecule has 0 aliphatic carbocycles. The van der Waals surface area contributed by atoms with Gasteiger partial charge in [0.05, 0.1) is 0 Å². The molecule has 0 aliphatic heterocycles. The lowest BCUT2D eigenvalue weighted by molar-refractivity contribution is 0.537. The fourth-order valence-corrected chi connectivity index (χ4v) is 2.08. The van der Waals surface area contributed by atoms with Crippen LogP contribution >= 0.6 is 11.6 Å². The Kier molecular flexibility index (Phi) is 3.65. The Morgan fingerprint density at radius 2 is 2.11 bits per heavy atom. The summed E-state index contributed by atoms with van der Waals surface area (Å²) < 4.78 is 23.5. The van der Waals surface area contributed by atoms with E-state index in [1.54, 1.807) is 4.68 Å². The Bertz CT molecular complexity index is 594. The number of rotatable bonds is 3. The molecule has 18 heavy (non-hydrogen) atoms. The van der Waals surface area contributed by atoms with Crippen LogP contribution in [0.15, 0.2) is 23.1 Å². The summed E-state index contributed by atoms with van der Waals surface area (Å²) in [7, 11) is 1.81. The number of hydrogen-bond acceptors (Lipinski definition) is 5. The van der Waals surface area contributed by atoms with Crippen LogP contribution in [0.3, 0.4) is 0 Å². The van der Waals surface area contributed by atoms with Gasteiger partial charge in [-0.1, -0.05) is 11.6 Å². The van der Waals surface area contributed by atoms with Crippen molar-refractivity contribution in [2.24, 2.45) is 7.05 Å². The highest BCUT2D eigenvalue weighted by Gasteiger charge is 2.05. The molecule has 1 unspecified atom stereocenters. The van der Waals surface area contributed by atoms with E-state index in [2.05, 4.69) is 15.4 Å². The number of pyridine rings is 1. The summed E-state index contributed by atoms with van der Waals surface area (Å²) in [4.78, 5) is 4.06. The monoisotopic (exact) mass is 285 g/mol. The molecule has 0 spiro atoms. The van der Waals surface area contributed by atoms with Crippen LogP contribution in [0, 0.1) is 6.92 Å². The van der Waals surface area contributed by atoms with Crippen molar-refractivity contribution >= 4 is 34.3 Å². The number of halogens is 1. The zero-order valence-corrected chi connectivity index (χ0v) is 11.2. The van der Waals surface area contributed by atoms with Gasteiger partial charge in [0, 0.05) is 23.7 Å². The normalized spacial score (nSPS) is 12.4. The third kappa shape index (κ3) is 2.87. The highest BCUT2D eigenvalue weighted by atomic mass is 35.5. The van der Waals surface area contributed by atoms with Crippen molar-refractivity contribution in [3.8, 4) is 0 Å². The van der Waals surface area contributed by atoms with E-state index in [4.69, 9.17) is 11.6 Å².